The van der Waals surface area contributed by atoms with E-state index in [0.717, 1.165) is 16.5 Å². The first kappa shape index (κ1) is 13.6. The predicted octanol–water partition coefficient (Wildman–Crippen LogP) is 4.26. The molecular weight excluding hydrogens is 266 g/mol. The average molecular weight is 287 g/mol. The quantitative estimate of drug-likeness (QED) is 0.854. The van der Waals surface area contributed by atoms with Gasteiger partial charge in [0.15, 0.2) is 0 Å². The summed E-state index contributed by atoms with van der Waals surface area (Å²) in [7, 11) is 0. The van der Waals surface area contributed by atoms with E-state index in [9.17, 15) is 0 Å². The molecule has 106 valence electrons. The highest BCUT2D eigenvalue weighted by Gasteiger charge is 2.17. The first-order chi connectivity index (χ1) is 9.83. The molecule has 0 unspecified atom stereocenters. The zero-order chi connectivity index (χ0) is 13.8. The van der Waals surface area contributed by atoms with E-state index in [1.54, 1.807) is 11.8 Å². The molecule has 0 saturated heterocycles. The molecule has 3 nitrogen and oxygen atoms in total. The van der Waals surface area contributed by atoms with E-state index < -0.39 is 0 Å². The molecule has 0 radical (unpaired) electrons. The van der Waals surface area contributed by atoms with E-state index in [2.05, 4.69) is 28.9 Å². The van der Waals surface area contributed by atoms with Crippen molar-refractivity contribution in [2.24, 2.45) is 0 Å². The smallest absolute Gasteiger partial charge is 0.141 e. The van der Waals surface area contributed by atoms with E-state index in [1.807, 2.05) is 12.3 Å². The van der Waals surface area contributed by atoms with Crippen LogP contribution in [-0.4, -0.2) is 9.78 Å². The number of hydrogen-bond donors (Lipinski definition) is 1. The molecule has 20 heavy (non-hydrogen) atoms. The number of hydrogen-bond acceptors (Lipinski definition) is 3. The van der Waals surface area contributed by atoms with Crippen LogP contribution in [0.5, 0.6) is 0 Å². The average Bonchev–Trinajstić information content (AvgIpc) is 2.88. The van der Waals surface area contributed by atoms with Crippen molar-refractivity contribution >= 4 is 17.4 Å². The molecule has 2 N–H and O–H groups in total. The topological polar surface area (TPSA) is 43.8 Å². The molecular formula is C16H21N3S. The first-order valence-electron chi connectivity index (χ1n) is 7.34. The minimum Gasteiger partial charge on any atom is -0.395 e. The Bertz CT molecular complexity index is 544. The van der Waals surface area contributed by atoms with Crippen molar-refractivity contribution in [3.05, 3.63) is 42.1 Å². The van der Waals surface area contributed by atoms with Gasteiger partial charge in [0.25, 0.3) is 0 Å². The molecule has 1 aliphatic carbocycles. The monoisotopic (exact) mass is 287 g/mol. The maximum Gasteiger partial charge on any atom is 0.141 e. The van der Waals surface area contributed by atoms with E-state index in [4.69, 9.17) is 10.8 Å². The molecule has 0 atom stereocenters. The summed E-state index contributed by atoms with van der Waals surface area (Å²) in [6.07, 6.45) is 8.49. The summed E-state index contributed by atoms with van der Waals surface area (Å²) in [5, 5.41) is 5.67. The van der Waals surface area contributed by atoms with Crippen molar-refractivity contribution in [3.63, 3.8) is 0 Å². The van der Waals surface area contributed by atoms with Crippen LogP contribution in [0.4, 0.5) is 5.69 Å². The number of aromatic nitrogens is 2. The van der Waals surface area contributed by atoms with Gasteiger partial charge in [-0.1, -0.05) is 61.4 Å². The predicted molar refractivity (Wildman–Crippen MR) is 84.8 cm³/mol. The molecule has 1 saturated carbocycles. The van der Waals surface area contributed by atoms with Gasteiger partial charge in [-0.2, -0.15) is 5.10 Å². The fourth-order valence-corrected chi connectivity index (χ4v) is 3.63. The van der Waals surface area contributed by atoms with Gasteiger partial charge in [0, 0.05) is 11.9 Å². The first-order valence-corrected chi connectivity index (χ1v) is 8.33. The van der Waals surface area contributed by atoms with Gasteiger partial charge >= 0.3 is 0 Å². The van der Waals surface area contributed by atoms with Gasteiger partial charge in [-0.15, -0.1) is 0 Å². The Hall–Kier alpha value is -1.42. The van der Waals surface area contributed by atoms with Crippen molar-refractivity contribution < 1.29 is 0 Å². The summed E-state index contributed by atoms with van der Waals surface area (Å²) < 4.78 is 2.10. The maximum atomic E-state index is 6.11. The van der Waals surface area contributed by atoms with E-state index in [-0.39, 0.29) is 0 Å². The number of benzene rings is 1. The lowest BCUT2D eigenvalue weighted by Gasteiger charge is -2.21. The Balaban J connectivity index is 1.66. The zero-order valence-corrected chi connectivity index (χ0v) is 12.5. The summed E-state index contributed by atoms with van der Waals surface area (Å²) in [6, 6.07) is 11.0. The van der Waals surface area contributed by atoms with Crippen molar-refractivity contribution in [2.45, 2.75) is 48.9 Å². The molecule has 0 bridgehead atoms. The van der Waals surface area contributed by atoms with Crippen LogP contribution in [0.1, 0.15) is 43.7 Å². The third kappa shape index (κ3) is 3.18. The van der Waals surface area contributed by atoms with Gasteiger partial charge in [-0.05, 0) is 18.4 Å². The van der Waals surface area contributed by atoms with Gasteiger partial charge in [-0.25, -0.2) is 0 Å². The van der Waals surface area contributed by atoms with Crippen LogP contribution in [0.25, 0.3) is 0 Å². The van der Waals surface area contributed by atoms with Crippen LogP contribution < -0.4 is 5.73 Å². The number of anilines is 1. The van der Waals surface area contributed by atoms with Crippen LogP contribution in [-0.2, 0) is 5.75 Å². The van der Waals surface area contributed by atoms with Crippen LogP contribution in [0.3, 0.4) is 0 Å². The molecule has 3 rings (SSSR count). The summed E-state index contributed by atoms with van der Waals surface area (Å²) in [5.74, 6) is 0.923. The molecule has 0 amide bonds. The highest BCUT2D eigenvalue weighted by molar-refractivity contribution is 7.98. The number of nitrogens with two attached hydrogens (primary N) is 1. The maximum absolute atomic E-state index is 6.11. The van der Waals surface area contributed by atoms with Gasteiger partial charge in [0.1, 0.15) is 5.03 Å². The number of nitrogen functional groups attached to an aromatic ring is 1. The van der Waals surface area contributed by atoms with E-state index >= 15 is 0 Å². The highest BCUT2D eigenvalue weighted by Crippen LogP contribution is 2.32. The van der Waals surface area contributed by atoms with E-state index in [1.165, 1.54) is 37.7 Å². The number of thioether (sulfide) groups is 1. The Labute approximate surface area is 124 Å². The minimum absolute atomic E-state index is 0.553. The lowest BCUT2D eigenvalue weighted by Crippen LogP contribution is -2.13. The number of rotatable bonds is 4. The Morgan fingerprint density at radius 2 is 1.90 bits per heavy atom. The number of nitrogens with zero attached hydrogens (tertiary/aromatic N) is 2. The fraction of sp³-hybridized carbons (Fsp3) is 0.438. The van der Waals surface area contributed by atoms with Gasteiger partial charge < -0.3 is 5.73 Å². The second kappa shape index (κ2) is 6.35. The third-order valence-corrected chi connectivity index (χ3v) is 4.96. The minimum atomic E-state index is 0.553. The van der Waals surface area contributed by atoms with Crippen molar-refractivity contribution in [3.8, 4) is 0 Å². The second-order valence-electron chi connectivity index (χ2n) is 5.44. The Morgan fingerprint density at radius 1 is 1.15 bits per heavy atom. The molecule has 1 aromatic carbocycles. The van der Waals surface area contributed by atoms with E-state index in [0.29, 0.717) is 6.04 Å². The molecule has 0 aliphatic heterocycles. The largest absolute Gasteiger partial charge is 0.395 e. The lowest BCUT2D eigenvalue weighted by atomic mass is 9.96. The van der Waals surface area contributed by atoms with Crippen LogP contribution >= 0.6 is 11.8 Å². The summed E-state index contributed by atoms with van der Waals surface area (Å²) in [5.41, 5.74) is 8.23. The lowest BCUT2D eigenvalue weighted by molar-refractivity contribution is 0.326. The van der Waals surface area contributed by atoms with Crippen LogP contribution in [0, 0.1) is 0 Å². The van der Waals surface area contributed by atoms with Crippen molar-refractivity contribution in [2.75, 3.05) is 5.73 Å². The van der Waals surface area contributed by atoms with Crippen molar-refractivity contribution in [1.82, 2.24) is 9.78 Å². The second-order valence-corrected chi connectivity index (χ2v) is 6.40. The van der Waals surface area contributed by atoms with Gasteiger partial charge in [-0.3, -0.25) is 4.68 Å². The summed E-state index contributed by atoms with van der Waals surface area (Å²) in [4.78, 5) is 0. The van der Waals surface area contributed by atoms with Gasteiger partial charge in [0.05, 0.1) is 11.7 Å². The summed E-state index contributed by atoms with van der Waals surface area (Å²) >= 11 is 1.73. The molecule has 1 aliphatic rings. The molecule has 0 spiro atoms. The van der Waals surface area contributed by atoms with Gasteiger partial charge in [0.2, 0.25) is 0 Å². The highest BCUT2D eigenvalue weighted by atomic mass is 32.2. The Kier molecular flexibility index (Phi) is 4.31. The fourth-order valence-electron chi connectivity index (χ4n) is 2.76. The zero-order valence-electron chi connectivity index (χ0n) is 11.7. The standard InChI is InChI=1S/C16H21N3S/c17-15-11-19(14-9-5-2-6-10-14)18-16(15)20-12-13-7-3-1-4-8-13/h1,3-4,7-8,11,14H,2,5-6,9-10,12,17H2. The van der Waals surface area contributed by atoms with Crippen molar-refractivity contribution in [1.29, 1.82) is 0 Å². The molecule has 1 fully saturated rings. The Morgan fingerprint density at radius 3 is 2.65 bits per heavy atom. The molecule has 4 heteroatoms. The molecule has 2 aromatic rings. The molecule has 1 heterocycles. The molecule has 1 aromatic heterocycles. The van der Waals surface area contributed by atoms with Crippen LogP contribution in [0.15, 0.2) is 41.6 Å². The normalized spacial score (nSPS) is 16.4. The summed E-state index contributed by atoms with van der Waals surface area (Å²) in [6.45, 7) is 0. The SMILES string of the molecule is Nc1cn(C2CCCCC2)nc1SCc1ccccc1. The van der Waals surface area contributed by atoms with Crippen LogP contribution in [0.2, 0.25) is 0 Å². The third-order valence-electron chi connectivity index (χ3n) is 3.89.